The molecule has 2 rings (SSSR count). The standard InChI is InChI=1S/C18H21NO3/c1-20-16-11-14(12-17(21-2)18(16)22-3)8-4-6-13-7-5-9-15(19)10-13/h4-5,7-12H,6,19H2,1-3H3/b8-4+. The molecule has 2 aromatic carbocycles. The summed E-state index contributed by atoms with van der Waals surface area (Å²) in [4.78, 5) is 0. The Balaban J connectivity index is 2.20. The maximum absolute atomic E-state index is 5.78. The van der Waals surface area contributed by atoms with Crippen LogP contribution in [-0.4, -0.2) is 21.3 Å². The predicted octanol–water partition coefficient (Wildman–Crippen LogP) is 3.55. The zero-order chi connectivity index (χ0) is 15.9. The Kier molecular flexibility index (Phi) is 5.31. The minimum absolute atomic E-state index is 0.595. The van der Waals surface area contributed by atoms with Gasteiger partial charge in [0.25, 0.3) is 0 Å². The van der Waals surface area contributed by atoms with Gasteiger partial charge in [0.1, 0.15) is 0 Å². The molecule has 0 aliphatic rings. The largest absolute Gasteiger partial charge is 0.493 e. The Labute approximate surface area is 131 Å². The fourth-order valence-electron chi connectivity index (χ4n) is 2.25. The third kappa shape index (κ3) is 3.73. The van der Waals surface area contributed by atoms with Crippen molar-refractivity contribution in [3.63, 3.8) is 0 Å². The molecule has 116 valence electrons. The molecule has 2 aromatic rings. The van der Waals surface area contributed by atoms with E-state index >= 15 is 0 Å². The van der Waals surface area contributed by atoms with Crippen molar-refractivity contribution < 1.29 is 14.2 Å². The van der Waals surface area contributed by atoms with Gasteiger partial charge >= 0.3 is 0 Å². The minimum Gasteiger partial charge on any atom is -0.493 e. The van der Waals surface area contributed by atoms with Gasteiger partial charge in [-0.25, -0.2) is 0 Å². The first-order valence-corrected chi connectivity index (χ1v) is 6.99. The smallest absolute Gasteiger partial charge is 0.203 e. The van der Waals surface area contributed by atoms with E-state index in [0.717, 1.165) is 17.7 Å². The highest BCUT2D eigenvalue weighted by atomic mass is 16.5. The Morgan fingerprint density at radius 2 is 1.64 bits per heavy atom. The maximum Gasteiger partial charge on any atom is 0.203 e. The van der Waals surface area contributed by atoms with Crippen LogP contribution in [0.4, 0.5) is 5.69 Å². The first-order chi connectivity index (χ1) is 10.7. The summed E-state index contributed by atoms with van der Waals surface area (Å²) in [5.74, 6) is 1.88. The van der Waals surface area contributed by atoms with Crippen molar-refractivity contribution in [1.82, 2.24) is 0 Å². The van der Waals surface area contributed by atoms with Gasteiger partial charge in [0.2, 0.25) is 5.75 Å². The zero-order valence-electron chi connectivity index (χ0n) is 13.1. The Morgan fingerprint density at radius 1 is 0.955 bits per heavy atom. The first-order valence-electron chi connectivity index (χ1n) is 6.99. The number of hydrogen-bond donors (Lipinski definition) is 1. The summed E-state index contributed by atoms with van der Waals surface area (Å²) in [7, 11) is 4.81. The lowest BCUT2D eigenvalue weighted by atomic mass is 10.1. The molecule has 0 spiro atoms. The molecule has 22 heavy (non-hydrogen) atoms. The van der Waals surface area contributed by atoms with Crippen LogP contribution in [0.1, 0.15) is 11.1 Å². The third-order valence-corrected chi connectivity index (χ3v) is 3.30. The highest BCUT2D eigenvalue weighted by molar-refractivity contribution is 5.62. The number of ether oxygens (including phenoxy) is 3. The van der Waals surface area contributed by atoms with Gasteiger partial charge < -0.3 is 19.9 Å². The summed E-state index contributed by atoms with van der Waals surface area (Å²) >= 11 is 0. The maximum atomic E-state index is 5.78. The first kappa shape index (κ1) is 15.8. The molecule has 0 atom stereocenters. The second kappa shape index (κ2) is 7.41. The number of rotatable bonds is 6. The number of allylic oxidation sites excluding steroid dienone is 1. The van der Waals surface area contributed by atoms with Crippen LogP contribution in [0.5, 0.6) is 17.2 Å². The number of nitrogen functional groups attached to an aromatic ring is 1. The van der Waals surface area contributed by atoms with Crippen LogP contribution in [0.25, 0.3) is 6.08 Å². The second-order valence-corrected chi connectivity index (χ2v) is 4.81. The molecule has 0 aliphatic heterocycles. The summed E-state index contributed by atoms with van der Waals surface area (Å²) in [5, 5.41) is 0. The molecule has 0 heterocycles. The Hall–Kier alpha value is -2.62. The minimum atomic E-state index is 0.595. The molecule has 0 saturated heterocycles. The van der Waals surface area contributed by atoms with Gasteiger partial charge in [-0.15, -0.1) is 0 Å². The van der Waals surface area contributed by atoms with Gasteiger partial charge in [0, 0.05) is 5.69 Å². The van der Waals surface area contributed by atoms with Crippen molar-refractivity contribution in [3.05, 3.63) is 53.6 Å². The zero-order valence-corrected chi connectivity index (χ0v) is 13.1. The quantitative estimate of drug-likeness (QED) is 0.829. The normalized spacial score (nSPS) is 10.7. The molecule has 0 saturated carbocycles. The van der Waals surface area contributed by atoms with Crippen LogP contribution in [0.3, 0.4) is 0 Å². The van der Waals surface area contributed by atoms with Gasteiger partial charge in [-0.3, -0.25) is 0 Å². The fraction of sp³-hybridized carbons (Fsp3) is 0.222. The lowest BCUT2D eigenvalue weighted by Crippen LogP contribution is -1.95. The molecule has 2 N–H and O–H groups in total. The number of anilines is 1. The topological polar surface area (TPSA) is 53.7 Å². The molecule has 0 aromatic heterocycles. The number of nitrogens with two attached hydrogens (primary N) is 1. The van der Waals surface area contributed by atoms with E-state index in [2.05, 4.69) is 12.1 Å². The molecule has 0 aliphatic carbocycles. The lowest BCUT2D eigenvalue weighted by Gasteiger charge is -2.12. The van der Waals surface area contributed by atoms with Crippen LogP contribution >= 0.6 is 0 Å². The number of benzene rings is 2. The van der Waals surface area contributed by atoms with Gasteiger partial charge in [-0.2, -0.15) is 0 Å². The van der Waals surface area contributed by atoms with Crippen LogP contribution in [-0.2, 0) is 6.42 Å². The molecule has 0 fully saturated rings. The summed E-state index contributed by atoms with van der Waals surface area (Å²) in [6, 6.07) is 11.7. The average Bonchev–Trinajstić information content (AvgIpc) is 2.53. The van der Waals surface area contributed by atoms with Gasteiger partial charge in [-0.05, 0) is 41.8 Å². The molecular weight excluding hydrogens is 278 g/mol. The van der Waals surface area contributed by atoms with E-state index in [4.69, 9.17) is 19.9 Å². The van der Waals surface area contributed by atoms with Crippen molar-refractivity contribution in [3.8, 4) is 17.2 Å². The Morgan fingerprint density at radius 3 is 2.18 bits per heavy atom. The van der Waals surface area contributed by atoms with E-state index in [-0.39, 0.29) is 0 Å². The van der Waals surface area contributed by atoms with Crippen LogP contribution in [0, 0.1) is 0 Å². The van der Waals surface area contributed by atoms with E-state index in [1.807, 2.05) is 36.4 Å². The van der Waals surface area contributed by atoms with Crippen molar-refractivity contribution in [2.45, 2.75) is 6.42 Å². The number of methoxy groups -OCH3 is 3. The molecular formula is C18H21NO3. The summed E-state index contributed by atoms with van der Waals surface area (Å²) in [6.07, 6.45) is 4.91. The molecule has 0 radical (unpaired) electrons. The highest BCUT2D eigenvalue weighted by Gasteiger charge is 2.11. The molecule has 0 bridgehead atoms. The van der Waals surface area contributed by atoms with Gasteiger partial charge in [0.15, 0.2) is 11.5 Å². The van der Waals surface area contributed by atoms with Crippen molar-refractivity contribution in [1.29, 1.82) is 0 Å². The summed E-state index contributed by atoms with van der Waals surface area (Å²) < 4.78 is 16.0. The van der Waals surface area contributed by atoms with E-state index in [1.165, 1.54) is 5.56 Å². The van der Waals surface area contributed by atoms with Crippen LogP contribution < -0.4 is 19.9 Å². The van der Waals surface area contributed by atoms with Crippen LogP contribution in [0.2, 0.25) is 0 Å². The Bertz CT molecular complexity index is 640. The van der Waals surface area contributed by atoms with E-state index in [1.54, 1.807) is 21.3 Å². The summed E-state index contributed by atoms with van der Waals surface area (Å²) in [5.41, 5.74) is 8.71. The van der Waals surface area contributed by atoms with Crippen LogP contribution in [0.15, 0.2) is 42.5 Å². The highest BCUT2D eigenvalue weighted by Crippen LogP contribution is 2.38. The molecule has 4 nitrogen and oxygen atoms in total. The second-order valence-electron chi connectivity index (χ2n) is 4.81. The lowest BCUT2D eigenvalue weighted by molar-refractivity contribution is 0.324. The monoisotopic (exact) mass is 299 g/mol. The molecule has 0 unspecified atom stereocenters. The van der Waals surface area contributed by atoms with E-state index in [9.17, 15) is 0 Å². The average molecular weight is 299 g/mol. The van der Waals surface area contributed by atoms with E-state index < -0.39 is 0 Å². The molecule has 0 amide bonds. The number of hydrogen-bond acceptors (Lipinski definition) is 4. The predicted molar refractivity (Wildman–Crippen MR) is 89.7 cm³/mol. The van der Waals surface area contributed by atoms with Gasteiger partial charge in [0.05, 0.1) is 21.3 Å². The van der Waals surface area contributed by atoms with E-state index in [0.29, 0.717) is 17.2 Å². The third-order valence-electron chi connectivity index (χ3n) is 3.30. The summed E-state index contributed by atoms with van der Waals surface area (Å²) in [6.45, 7) is 0. The van der Waals surface area contributed by atoms with Crippen molar-refractivity contribution >= 4 is 11.8 Å². The SMILES string of the molecule is COc1cc(/C=C/Cc2cccc(N)c2)cc(OC)c1OC. The van der Waals surface area contributed by atoms with Gasteiger partial charge in [-0.1, -0.05) is 24.3 Å². The molecule has 4 heteroatoms. The fourth-order valence-corrected chi connectivity index (χ4v) is 2.25. The van der Waals surface area contributed by atoms with Crippen molar-refractivity contribution in [2.24, 2.45) is 0 Å². The van der Waals surface area contributed by atoms with Crippen molar-refractivity contribution in [2.75, 3.05) is 27.1 Å².